The molecule has 4 heteroatoms. The second-order valence-electron chi connectivity index (χ2n) is 7.21. The number of hydrogen-bond acceptors (Lipinski definition) is 3. The molecule has 0 radical (unpaired) electrons. The van der Waals surface area contributed by atoms with E-state index in [0.29, 0.717) is 6.04 Å². The fourth-order valence-electron chi connectivity index (χ4n) is 4.00. The normalized spacial score (nSPS) is 18.8. The molecule has 4 nitrogen and oxygen atoms in total. The molecule has 1 fully saturated rings. The van der Waals surface area contributed by atoms with Crippen LogP contribution in [-0.2, 0) is 6.42 Å². The van der Waals surface area contributed by atoms with Gasteiger partial charge in [-0.3, -0.25) is 4.90 Å². The molecular formula is C21H26N4. The molecule has 4 rings (SSSR count). The van der Waals surface area contributed by atoms with E-state index in [1.54, 1.807) is 0 Å². The van der Waals surface area contributed by atoms with Gasteiger partial charge in [-0.1, -0.05) is 30.3 Å². The third-order valence-electron chi connectivity index (χ3n) is 5.43. The number of nitrogens with zero attached hydrogens (tertiary/aromatic N) is 4. The zero-order valence-corrected chi connectivity index (χ0v) is 15.3. The molecule has 2 aromatic heterocycles. The summed E-state index contributed by atoms with van der Waals surface area (Å²) < 4.78 is 2.27. The molecule has 3 heterocycles. The fraction of sp³-hybridized carbons (Fsp3) is 0.381. The van der Waals surface area contributed by atoms with Crippen LogP contribution in [0.4, 0.5) is 5.82 Å². The maximum atomic E-state index is 4.76. The Labute approximate surface area is 149 Å². The van der Waals surface area contributed by atoms with Gasteiger partial charge in [0.1, 0.15) is 0 Å². The summed E-state index contributed by atoms with van der Waals surface area (Å²) in [5.74, 6) is 1.12. The Bertz CT molecular complexity index is 868. The average Bonchev–Trinajstić information content (AvgIpc) is 2.92. The maximum absolute atomic E-state index is 4.76. The van der Waals surface area contributed by atoms with Gasteiger partial charge in [-0.05, 0) is 44.5 Å². The molecule has 0 N–H and O–H groups in total. The molecule has 3 aromatic rings. The van der Waals surface area contributed by atoms with E-state index in [2.05, 4.69) is 77.7 Å². The summed E-state index contributed by atoms with van der Waals surface area (Å²) in [6.45, 7) is 7.45. The Morgan fingerprint density at radius 2 is 1.92 bits per heavy atom. The lowest BCUT2D eigenvalue weighted by Crippen LogP contribution is -2.52. The average molecular weight is 334 g/mol. The van der Waals surface area contributed by atoms with E-state index in [9.17, 15) is 0 Å². The quantitative estimate of drug-likeness (QED) is 0.734. The minimum Gasteiger partial charge on any atom is -0.352 e. The Morgan fingerprint density at radius 3 is 2.72 bits per heavy atom. The first-order valence-electron chi connectivity index (χ1n) is 9.06. The lowest BCUT2D eigenvalue weighted by molar-refractivity contribution is 0.217. The summed E-state index contributed by atoms with van der Waals surface area (Å²) >= 11 is 0. The molecule has 25 heavy (non-hydrogen) atoms. The van der Waals surface area contributed by atoms with E-state index in [0.717, 1.165) is 31.9 Å². The second kappa shape index (κ2) is 6.52. The Hall–Kier alpha value is -2.33. The van der Waals surface area contributed by atoms with Gasteiger partial charge in [-0.15, -0.1) is 0 Å². The molecule has 0 amide bonds. The first kappa shape index (κ1) is 16.2. The van der Waals surface area contributed by atoms with Crippen molar-refractivity contribution in [3.63, 3.8) is 0 Å². The van der Waals surface area contributed by atoms with E-state index in [4.69, 9.17) is 4.98 Å². The first-order valence-corrected chi connectivity index (χ1v) is 9.06. The van der Waals surface area contributed by atoms with Crippen LogP contribution in [-0.4, -0.2) is 47.0 Å². The number of rotatable bonds is 3. The highest BCUT2D eigenvalue weighted by molar-refractivity contribution is 5.74. The van der Waals surface area contributed by atoms with Crippen LogP contribution < -0.4 is 4.90 Å². The van der Waals surface area contributed by atoms with Crippen molar-refractivity contribution in [3.8, 4) is 0 Å². The van der Waals surface area contributed by atoms with Crippen LogP contribution in [0.1, 0.15) is 16.8 Å². The molecule has 1 atom stereocenters. The lowest BCUT2D eigenvalue weighted by atomic mass is 10.0. The van der Waals surface area contributed by atoms with Gasteiger partial charge in [0.05, 0.1) is 5.52 Å². The molecule has 1 aliphatic heterocycles. The van der Waals surface area contributed by atoms with Gasteiger partial charge in [0.25, 0.3) is 0 Å². The van der Waals surface area contributed by atoms with Crippen molar-refractivity contribution in [2.45, 2.75) is 26.3 Å². The number of aryl methyl sites for hydroxylation is 2. The first-order chi connectivity index (χ1) is 12.1. The molecular weight excluding hydrogens is 308 g/mol. The van der Waals surface area contributed by atoms with E-state index in [1.165, 1.54) is 22.3 Å². The molecule has 1 saturated heterocycles. The highest BCUT2D eigenvalue weighted by Gasteiger charge is 2.27. The Morgan fingerprint density at radius 1 is 1.12 bits per heavy atom. The Balaban J connectivity index is 1.63. The van der Waals surface area contributed by atoms with Crippen molar-refractivity contribution >= 4 is 11.3 Å². The third-order valence-corrected chi connectivity index (χ3v) is 5.43. The molecule has 1 aliphatic rings. The smallest absolute Gasteiger partial charge is 0.153 e. The number of hydrogen-bond donors (Lipinski definition) is 0. The summed E-state index contributed by atoms with van der Waals surface area (Å²) in [4.78, 5) is 9.71. The van der Waals surface area contributed by atoms with Gasteiger partial charge < -0.3 is 9.30 Å². The van der Waals surface area contributed by atoms with E-state index >= 15 is 0 Å². The van der Waals surface area contributed by atoms with Gasteiger partial charge in [-0.2, -0.15) is 0 Å². The molecule has 0 spiro atoms. The summed E-state index contributed by atoms with van der Waals surface area (Å²) in [5, 5.41) is 0. The number of aromatic nitrogens is 2. The van der Waals surface area contributed by atoms with Crippen molar-refractivity contribution in [3.05, 3.63) is 65.6 Å². The summed E-state index contributed by atoms with van der Waals surface area (Å²) in [5.41, 5.74) is 5.23. The molecule has 130 valence electrons. The van der Waals surface area contributed by atoms with E-state index in [-0.39, 0.29) is 0 Å². The highest BCUT2D eigenvalue weighted by atomic mass is 15.3. The summed E-state index contributed by atoms with van der Waals surface area (Å²) in [6, 6.07) is 13.6. The lowest BCUT2D eigenvalue weighted by Gasteiger charge is -2.40. The number of likely N-dealkylation sites (N-methyl/N-ethyl adjacent to an activating group) is 1. The monoisotopic (exact) mass is 334 g/mol. The van der Waals surface area contributed by atoms with Crippen molar-refractivity contribution in [2.24, 2.45) is 0 Å². The Kier molecular flexibility index (Phi) is 4.22. The number of fused-ring (bicyclic) bond motifs is 1. The van der Waals surface area contributed by atoms with Crippen molar-refractivity contribution in [1.29, 1.82) is 0 Å². The summed E-state index contributed by atoms with van der Waals surface area (Å²) in [7, 11) is 2.24. The molecule has 1 aromatic carbocycles. The van der Waals surface area contributed by atoms with Crippen LogP contribution in [0.25, 0.3) is 5.52 Å². The molecule has 1 unspecified atom stereocenters. The van der Waals surface area contributed by atoms with Gasteiger partial charge in [0.15, 0.2) is 5.82 Å². The fourth-order valence-corrected chi connectivity index (χ4v) is 4.00. The zero-order valence-electron chi connectivity index (χ0n) is 15.3. The van der Waals surface area contributed by atoms with Gasteiger partial charge >= 0.3 is 0 Å². The van der Waals surface area contributed by atoms with Gasteiger partial charge in [0, 0.05) is 43.8 Å². The van der Waals surface area contributed by atoms with Crippen molar-refractivity contribution in [2.75, 3.05) is 31.6 Å². The summed E-state index contributed by atoms with van der Waals surface area (Å²) in [6.07, 6.45) is 5.08. The third kappa shape index (κ3) is 3.02. The van der Waals surface area contributed by atoms with Crippen LogP contribution in [0.2, 0.25) is 0 Å². The maximum Gasteiger partial charge on any atom is 0.153 e. The SMILES string of the molecule is Cc1cc(C)n2ccnc(N3CCN(C)C(Cc4ccccc4)C3)c12. The number of piperazine rings is 1. The topological polar surface area (TPSA) is 23.8 Å². The van der Waals surface area contributed by atoms with Crippen LogP contribution in [0.15, 0.2) is 48.8 Å². The van der Waals surface area contributed by atoms with Crippen molar-refractivity contribution < 1.29 is 0 Å². The van der Waals surface area contributed by atoms with Crippen molar-refractivity contribution in [1.82, 2.24) is 14.3 Å². The molecule has 0 saturated carbocycles. The zero-order chi connectivity index (χ0) is 17.4. The standard InChI is InChI=1S/C21H26N4/c1-16-13-17(2)25-10-9-22-21(20(16)25)24-12-11-23(3)19(15-24)14-18-7-5-4-6-8-18/h4-10,13,19H,11-12,14-15H2,1-3H3. The highest BCUT2D eigenvalue weighted by Crippen LogP contribution is 2.27. The van der Waals surface area contributed by atoms with E-state index in [1.807, 2.05) is 6.20 Å². The van der Waals surface area contributed by atoms with Gasteiger partial charge in [-0.25, -0.2) is 4.98 Å². The second-order valence-corrected chi connectivity index (χ2v) is 7.21. The van der Waals surface area contributed by atoms with E-state index < -0.39 is 0 Å². The van der Waals surface area contributed by atoms with Crippen LogP contribution in [0.5, 0.6) is 0 Å². The van der Waals surface area contributed by atoms with Crippen LogP contribution >= 0.6 is 0 Å². The predicted molar refractivity (Wildman–Crippen MR) is 103 cm³/mol. The van der Waals surface area contributed by atoms with Gasteiger partial charge in [0.2, 0.25) is 0 Å². The minimum absolute atomic E-state index is 0.509. The van der Waals surface area contributed by atoms with Crippen LogP contribution in [0.3, 0.4) is 0 Å². The predicted octanol–water partition coefficient (Wildman–Crippen LogP) is 3.31. The minimum atomic E-state index is 0.509. The largest absolute Gasteiger partial charge is 0.352 e. The molecule has 0 bridgehead atoms. The number of benzene rings is 1. The number of anilines is 1. The van der Waals surface area contributed by atoms with Crippen LogP contribution in [0, 0.1) is 13.8 Å². The molecule has 0 aliphatic carbocycles.